The van der Waals surface area contributed by atoms with E-state index in [1.54, 1.807) is 0 Å². The van der Waals surface area contributed by atoms with Crippen molar-refractivity contribution in [1.82, 2.24) is 10.2 Å². The number of rotatable bonds is 2. The van der Waals surface area contributed by atoms with Crippen molar-refractivity contribution in [3.63, 3.8) is 0 Å². The molecule has 0 radical (unpaired) electrons. The fraction of sp³-hybridized carbons (Fsp3) is 0.900. The van der Waals surface area contributed by atoms with Crippen molar-refractivity contribution in [1.29, 1.82) is 0 Å². The Kier molecular flexibility index (Phi) is 2.74. The van der Waals surface area contributed by atoms with Gasteiger partial charge in [0.15, 0.2) is 0 Å². The average molecular weight is 197 g/mol. The van der Waals surface area contributed by atoms with Crippen LogP contribution in [-0.2, 0) is 4.79 Å². The van der Waals surface area contributed by atoms with Crippen molar-refractivity contribution in [2.24, 2.45) is 11.7 Å². The maximum atomic E-state index is 11.1. The number of likely N-dealkylation sites (tertiary alicyclic amines) is 1. The van der Waals surface area contributed by atoms with E-state index in [1.807, 2.05) is 6.92 Å². The molecule has 0 bridgehead atoms. The number of primary amides is 1. The van der Waals surface area contributed by atoms with Crippen LogP contribution in [0.15, 0.2) is 0 Å². The lowest BCUT2D eigenvalue weighted by Crippen LogP contribution is -2.53. The summed E-state index contributed by atoms with van der Waals surface area (Å²) in [5, 5.41) is 3.39. The molecule has 0 aromatic rings. The van der Waals surface area contributed by atoms with Crippen LogP contribution in [0.5, 0.6) is 0 Å². The Morgan fingerprint density at radius 1 is 1.57 bits per heavy atom. The van der Waals surface area contributed by atoms with Gasteiger partial charge in [0, 0.05) is 12.6 Å². The Morgan fingerprint density at radius 3 is 3.07 bits per heavy atom. The Balaban J connectivity index is 2.06. The number of nitrogens with one attached hydrogen (secondary N) is 1. The maximum Gasteiger partial charge on any atom is 0.234 e. The summed E-state index contributed by atoms with van der Waals surface area (Å²) in [6.45, 7) is 5.06. The minimum Gasteiger partial charge on any atom is -0.368 e. The molecule has 0 aromatic carbocycles. The molecule has 3 unspecified atom stereocenters. The summed E-state index contributed by atoms with van der Waals surface area (Å²) in [5.41, 5.74) is 5.35. The van der Waals surface area contributed by atoms with E-state index in [4.69, 9.17) is 5.73 Å². The molecule has 0 spiro atoms. The summed E-state index contributed by atoms with van der Waals surface area (Å²) in [6, 6.07) is 0.425. The molecule has 2 aliphatic rings. The summed E-state index contributed by atoms with van der Waals surface area (Å²) in [7, 11) is 0. The van der Waals surface area contributed by atoms with Gasteiger partial charge >= 0.3 is 0 Å². The highest BCUT2D eigenvalue weighted by atomic mass is 16.1. The molecule has 2 rings (SSSR count). The number of fused-ring (bicyclic) bond motifs is 1. The van der Waals surface area contributed by atoms with Crippen LogP contribution in [0, 0.1) is 5.92 Å². The summed E-state index contributed by atoms with van der Waals surface area (Å²) >= 11 is 0. The number of carbonyl (C=O) groups is 1. The molecular weight excluding hydrogens is 178 g/mol. The van der Waals surface area contributed by atoms with Gasteiger partial charge < -0.3 is 11.1 Å². The monoisotopic (exact) mass is 197 g/mol. The minimum absolute atomic E-state index is 0.109. The van der Waals surface area contributed by atoms with E-state index in [1.165, 1.54) is 12.8 Å². The van der Waals surface area contributed by atoms with E-state index >= 15 is 0 Å². The molecular formula is C10H19N3O. The Labute approximate surface area is 84.8 Å². The van der Waals surface area contributed by atoms with Gasteiger partial charge in [-0.25, -0.2) is 0 Å². The van der Waals surface area contributed by atoms with E-state index in [-0.39, 0.29) is 11.9 Å². The van der Waals surface area contributed by atoms with Gasteiger partial charge in [0.25, 0.3) is 0 Å². The summed E-state index contributed by atoms with van der Waals surface area (Å²) in [4.78, 5) is 13.4. The van der Waals surface area contributed by atoms with Crippen LogP contribution in [0.25, 0.3) is 0 Å². The number of nitrogens with zero attached hydrogens (tertiary/aromatic N) is 1. The van der Waals surface area contributed by atoms with E-state index in [9.17, 15) is 4.79 Å². The molecule has 0 aliphatic carbocycles. The molecule has 3 N–H and O–H groups in total. The maximum absolute atomic E-state index is 11.1. The standard InChI is InChI=1S/C10H19N3O/c1-7(10(11)14)13-4-2-3-8-5-12-6-9(8)13/h7-9,12H,2-6H2,1H3,(H2,11,14). The van der Waals surface area contributed by atoms with Crippen molar-refractivity contribution in [2.45, 2.75) is 31.8 Å². The van der Waals surface area contributed by atoms with E-state index in [0.717, 1.165) is 25.6 Å². The molecule has 3 atom stereocenters. The lowest BCUT2D eigenvalue weighted by atomic mass is 9.91. The van der Waals surface area contributed by atoms with Crippen LogP contribution >= 0.6 is 0 Å². The predicted octanol–water partition coefficient (Wildman–Crippen LogP) is -0.456. The minimum atomic E-state index is -0.197. The van der Waals surface area contributed by atoms with Crippen LogP contribution in [-0.4, -0.2) is 42.5 Å². The Morgan fingerprint density at radius 2 is 2.36 bits per heavy atom. The van der Waals surface area contributed by atoms with Crippen LogP contribution < -0.4 is 11.1 Å². The molecule has 2 saturated heterocycles. The first-order valence-electron chi connectivity index (χ1n) is 5.46. The highest BCUT2D eigenvalue weighted by molar-refractivity contribution is 5.79. The molecule has 4 heteroatoms. The smallest absolute Gasteiger partial charge is 0.234 e. The quantitative estimate of drug-likeness (QED) is 0.630. The van der Waals surface area contributed by atoms with E-state index in [2.05, 4.69) is 10.2 Å². The van der Waals surface area contributed by atoms with Crippen molar-refractivity contribution in [3.05, 3.63) is 0 Å². The lowest BCUT2D eigenvalue weighted by Gasteiger charge is -2.39. The second-order valence-corrected chi connectivity index (χ2v) is 4.44. The van der Waals surface area contributed by atoms with Gasteiger partial charge in [0.1, 0.15) is 0 Å². The Hall–Kier alpha value is -0.610. The number of nitrogens with two attached hydrogens (primary N) is 1. The van der Waals surface area contributed by atoms with Gasteiger partial charge in [0.05, 0.1) is 6.04 Å². The molecule has 0 saturated carbocycles. The lowest BCUT2D eigenvalue weighted by molar-refractivity contribution is -0.124. The molecule has 1 amide bonds. The van der Waals surface area contributed by atoms with Crippen LogP contribution in [0.4, 0.5) is 0 Å². The molecule has 4 nitrogen and oxygen atoms in total. The van der Waals surface area contributed by atoms with Gasteiger partial charge in [-0.15, -0.1) is 0 Å². The summed E-state index contributed by atoms with van der Waals surface area (Å²) in [5.74, 6) is 0.531. The molecule has 2 aliphatic heterocycles. The number of hydrogen-bond acceptors (Lipinski definition) is 3. The third-order valence-corrected chi connectivity index (χ3v) is 3.63. The van der Waals surface area contributed by atoms with Crippen molar-refractivity contribution >= 4 is 5.91 Å². The van der Waals surface area contributed by atoms with Gasteiger partial charge in [-0.05, 0) is 38.8 Å². The van der Waals surface area contributed by atoms with Crippen LogP contribution in [0.2, 0.25) is 0 Å². The van der Waals surface area contributed by atoms with Crippen LogP contribution in [0.3, 0.4) is 0 Å². The van der Waals surface area contributed by atoms with Gasteiger partial charge in [0.2, 0.25) is 5.91 Å². The van der Waals surface area contributed by atoms with Crippen molar-refractivity contribution in [2.75, 3.05) is 19.6 Å². The normalized spacial score (nSPS) is 35.2. The zero-order valence-electron chi connectivity index (χ0n) is 8.70. The van der Waals surface area contributed by atoms with Crippen molar-refractivity contribution < 1.29 is 4.79 Å². The fourth-order valence-corrected chi connectivity index (χ4v) is 2.75. The van der Waals surface area contributed by atoms with Crippen molar-refractivity contribution in [3.8, 4) is 0 Å². The van der Waals surface area contributed by atoms with E-state index in [0.29, 0.717) is 6.04 Å². The predicted molar refractivity (Wildman–Crippen MR) is 54.7 cm³/mol. The topological polar surface area (TPSA) is 58.4 Å². The second-order valence-electron chi connectivity index (χ2n) is 4.44. The van der Waals surface area contributed by atoms with Gasteiger partial charge in [-0.1, -0.05) is 0 Å². The zero-order chi connectivity index (χ0) is 10.1. The molecule has 0 aromatic heterocycles. The Bertz CT molecular complexity index is 231. The number of piperidine rings is 1. The SMILES string of the molecule is CC(C(N)=O)N1CCCC2CNCC21. The highest BCUT2D eigenvalue weighted by Crippen LogP contribution is 2.27. The van der Waals surface area contributed by atoms with E-state index < -0.39 is 0 Å². The zero-order valence-corrected chi connectivity index (χ0v) is 8.70. The van der Waals surface area contributed by atoms with Crippen LogP contribution in [0.1, 0.15) is 19.8 Å². The molecule has 80 valence electrons. The first kappa shape index (κ1) is 9.93. The number of hydrogen-bond donors (Lipinski definition) is 2. The largest absolute Gasteiger partial charge is 0.368 e. The van der Waals surface area contributed by atoms with Gasteiger partial charge in [-0.2, -0.15) is 0 Å². The fourth-order valence-electron chi connectivity index (χ4n) is 2.75. The first-order valence-corrected chi connectivity index (χ1v) is 5.46. The average Bonchev–Trinajstić information content (AvgIpc) is 2.63. The number of carbonyl (C=O) groups excluding carboxylic acids is 1. The third kappa shape index (κ3) is 1.64. The first-order chi connectivity index (χ1) is 6.70. The summed E-state index contributed by atoms with van der Waals surface area (Å²) < 4.78 is 0. The number of amides is 1. The molecule has 2 heterocycles. The molecule has 14 heavy (non-hydrogen) atoms. The second kappa shape index (κ2) is 3.87. The third-order valence-electron chi connectivity index (χ3n) is 3.63. The highest BCUT2D eigenvalue weighted by Gasteiger charge is 2.38. The summed E-state index contributed by atoms with van der Waals surface area (Å²) in [6.07, 6.45) is 2.49. The van der Waals surface area contributed by atoms with Gasteiger partial charge in [-0.3, -0.25) is 9.69 Å². The molecule has 2 fully saturated rings.